The Morgan fingerprint density at radius 2 is 2.10 bits per heavy atom. The quantitative estimate of drug-likeness (QED) is 0.652. The summed E-state index contributed by atoms with van der Waals surface area (Å²) in [4.78, 5) is 8.78. The van der Waals surface area contributed by atoms with Gasteiger partial charge >= 0.3 is 0 Å². The molecule has 0 saturated carbocycles. The normalized spacial score (nSPS) is 12.8. The zero-order valence-electron chi connectivity index (χ0n) is 10.5. The number of hydrogen-bond acceptors (Lipinski definition) is 2. The lowest BCUT2D eigenvalue weighted by atomic mass is 10.3. The third kappa shape index (κ3) is 2.15. The third-order valence-corrected chi connectivity index (χ3v) is 3.45. The number of pyridine rings is 1. The van der Waals surface area contributed by atoms with E-state index < -0.39 is 5.82 Å². The van der Waals surface area contributed by atoms with Gasteiger partial charge in [0, 0.05) is 6.20 Å². The molecule has 0 aliphatic carbocycles. The highest BCUT2D eigenvalue weighted by molar-refractivity contribution is 6.32. The van der Waals surface area contributed by atoms with Crippen LogP contribution in [0.4, 0.5) is 4.39 Å². The van der Waals surface area contributed by atoms with Gasteiger partial charge in [-0.05, 0) is 37.3 Å². The van der Waals surface area contributed by atoms with Gasteiger partial charge in [0.25, 0.3) is 0 Å². The van der Waals surface area contributed by atoms with Crippen LogP contribution in [0.1, 0.15) is 18.1 Å². The van der Waals surface area contributed by atoms with Crippen molar-refractivity contribution in [1.29, 1.82) is 0 Å². The number of nitrogens with zero attached hydrogens (tertiary/aromatic N) is 3. The summed E-state index contributed by atoms with van der Waals surface area (Å²) in [6.07, 6.45) is 1.67. The molecule has 1 unspecified atom stereocenters. The minimum absolute atomic E-state index is 0.286. The lowest BCUT2D eigenvalue weighted by Gasteiger charge is -2.11. The Hall–Kier alpha value is -1.65. The minimum atomic E-state index is -0.392. The van der Waals surface area contributed by atoms with Crippen molar-refractivity contribution in [2.45, 2.75) is 12.3 Å². The van der Waals surface area contributed by atoms with Gasteiger partial charge in [-0.25, -0.2) is 14.4 Å². The molecule has 0 amide bonds. The van der Waals surface area contributed by atoms with Crippen LogP contribution in [0.2, 0.25) is 5.02 Å². The smallest absolute Gasteiger partial charge is 0.164 e. The second-order valence-corrected chi connectivity index (χ2v) is 5.43. The van der Waals surface area contributed by atoms with E-state index in [9.17, 15) is 4.39 Å². The van der Waals surface area contributed by atoms with Crippen molar-refractivity contribution in [3.63, 3.8) is 0 Å². The van der Waals surface area contributed by atoms with Crippen molar-refractivity contribution in [3.8, 4) is 5.69 Å². The molecule has 0 spiro atoms. The Morgan fingerprint density at radius 1 is 1.30 bits per heavy atom. The van der Waals surface area contributed by atoms with E-state index in [0.717, 1.165) is 5.52 Å². The predicted octanol–water partition coefficient (Wildman–Crippen LogP) is 4.51. The maximum absolute atomic E-state index is 13.2. The van der Waals surface area contributed by atoms with E-state index in [-0.39, 0.29) is 10.4 Å². The molecule has 0 radical (unpaired) electrons. The van der Waals surface area contributed by atoms with Gasteiger partial charge in [-0.15, -0.1) is 11.6 Å². The molecule has 0 fully saturated rings. The molecule has 3 aromatic rings. The number of imidazole rings is 1. The van der Waals surface area contributed by atoms with Crippen LogP contribution in [-0.2, 0) is 0 Å². The Bertz CT molecular complexity index is 783. The molecule has 0 N–H and O–H groups in total. The second kappa shape index (κ2) is 5.04. The zero-order chi connectivity index (χ0) is 14.3. The minimum Gasteiger partial charge on any atom is -0.278 e. The maximum atomic E-state index is 13.2. The van der Waals surface area contributed by atoms with E-state index in [2.05, 4.69) is 9.97 Å². The van der Waals surface area contributed by atoms with Gasteiger partial charge in [0.05, 0.1) is 16.1 Å². The number of benzene rings is 1. The summed E-state index contributed by atoms with van der Waals surface area (Å²) in [5.74, 6) is 0.227. The molecule has 6 heteroatoms. The summed E-state index contributed by atoms with van der Waals surface area (Å²) in [5, 5.41) is -0.0427. The van der Waals surface area contributed by atoms with Gasteiger partial charge in [0.2, 0.25) is 0 Å². The number of alkyl halides is 1. The van der Waals surface area contributed by atoms with Gasteiger partial charge in [0.1, 0.15) is 17.2 Å². The Balaban J connectivity index is 2.36. The summed E-state index contributed by atoms with van der Waals surface area (Å²) >= 11 is 12.3. The lowest BCUT2D eigenvalue weighted by molar-refractivity contribution is 0.627. The molecule has 2 aromatic heterocycles. The SMILES string of the molecule is CC(Cl)c1nc2cccnc2n1-c1ccc(F)cc1Cl. The molecule has 102 valence electrons. The number of hydrogen-bond donors (Lipinski definition) is 0. The average Bonchev–Trinajstić information content (AvgIpc) is 2.78. The number of rotatable bonds is 2. The first-order valence-electron chi connectivity index (χ1n) is 6.01. The van der Waals surface area contributed by atoms with Crippen molar-refractivity contribution < 1.29 is 4.39 Å². The number of halogens is 3. The standard InChI is InChI=1S/C14H10Cl2FN3/c1-8(15)13-19-11-3-2-6-18-14(11)20(13)12-5-4-9(17)7-10(12)16/h2-8H,1H3. The summed E-state index contributed by atoms with van der Waals surface area (Å²) in [7, 11) is 0. The van der Waals surface area contributed by atoms with E-state index in [1.54, 1.807) is 22.9 Å². The highest BCUT2D eigenvalue weighted by Crippen LogP contribution is 2.30. The van der Waals surface area contributed by atoms with Crippen LogP contribution in [0.15, 0.2) is 36.5 Å². The topological polar surface area (TPSA) is 30.7 Å². The molecule has 0 aliphatic heterocycles. The van der Waals surface area contributed by atoms with Crippen LogP contribution in [0.3, 0.4) is 0 Å². The van der Waals surface area contributed by atoms with E-state index in [0.29, 0.717) is 17.2 Å². The number of aromatic nitrogens is 3. The first-order valence-corrected chi connectivity index (χ1v) is 6.82. The van der Waals surface area contributed by atoms with Gasteiger partial charge in [-0.3, -0.25) is 4.57 Å². The summed E-state index contributed by atoms with van der Waals surface area (Å²) in [5.41, 5.74) is 1.97. The molecule has 1 atom stereocenters. The third-order valence-electron chi connectivity index (χ3n) is 2.95. The summed E-state index contributed by atoms with van der Waals surface area (Å²) < 4.78 is 15.0. The summed E-state index contributed by atoms with van der Waals surface area (Å²) in [6.45, 7) is 1.82. The first-order chi connectivity index (χ1) is 9.58. The van der Waals surface area contributed by atoms with Crippen LogP contribution in [0.25, 0.3) is 16.9 Å². The van der Waals surface area contributed by atoms with E-state index >= 15 is 0 Å². The van der Waals surface area contributed by atoms with E-state index in [4.69, 9.17) is 23.2 Å². The zero-order valence-corrected chi connectivity index (χ0v) is 12.0. The fraction of sp³-hybridized carbons (Fsp3) is 0.143. The van der Waals surface area contributed by atoms with Crippen LogP contribution < -0.4 is 0 Å². The highest BCUT2D eigenvalue weighted by Gasteiger charge is 2.18. The fourth-order valence-electron chi connectivity index (χ4n) is 2.10. The molecule has 2 heterocycles. The van der Waals surface area contributed by atoms with Crippen LogP contribution in [-0.4, -0.2) is 14.5 Å². The average molecular weight is 310 g/mol. The van der Waals surface area contributed by atoms with Gasteiger partial charge in [0.15, 0.2) is 5.65 Å². The molecule has 1 aromatic carbocycles. The molecule has 0 saturated heterocycles. The predicted molar refractivity (Wildman–Crippen MR) is 78.1 cm³/mol. The first kappa shape index (κ1) is 13.3. The molecule has 3 nitrogen and oxygen atoms in total. The van der Waals surface area contributed by atoms with Crippen molar-refractivity contribution in [2.75, 3.05) is 0 Å². The Labute approximate surface area is 125 Å². The summed E-state index contributed by atoms with van der Waals surface area (Å²) in [6, 6.07) is 7.84. The second-order valence-electron chi connectivity index (χ2n) is 4.36. The van der Waals surface area contributed by atoms with Crippen LogP contribution >= 0.6 is 23.2 Å². The van der Waals surface area contributed by atoms with Crippen molar-refractivity contribution >= 4 is 34.4 Å². The van der Waals surface area contributed by atoms with E-state index in [1.807, 2.05) is 13.0 Å². The molecular formula is C14H10Cl2FN3. The highest BCUT2D eigenvalue weighted by atomic mass is 35.5. The molecule has 0 aliphatic rings. The molecule has 0 bridgehead atoms. The fourth-order valence-corrected chi connectivity index (χ4v) is 2.50. The number of fused-ring (bicyclic) bond motifs is 1. The maximum Gasteiger partial charge on any atom is 0.164 e. The van der Waals surface area contributed by atoms with Crippen molar-refractivity contribution in [2.24, 2.45) is 0 Å². The largest absolute Gasteiger partial charge is 0.278 e. The molecule has 3 rings (SSSR count). The molecule has 20 heavy (non-hydrogen) atoms. The lowest BCUT2D eigenvalue weighted by Crippen LogP contribution is -2.03. The van der Waals surface area contributed by atoms with Gasteiger partial charge in [-0.2, -0.15) is 0 Å². The van der Waals surface area contributed by atoms with Crippen LogP contribution in [0, 0.1) is 5.82 Å². The van der Waals surface area contributed by atoms with Gasteiger partial charge in [-0.1, -0.05) is 11.6 Å². The van der Waals surface area contributed by atoms with Crippen molar-refractivity contribution in [3.05, 3.63) is 53.2 Å². The monoisotopic (exact) mass is 309 g/mol. The Kier molecular flexibility index (Phi) is 3.36. The van der Waals surface area contributed by atoms with Crippen LogP contribution in [0.5, 0.6) is 0 Å². The molecular weight excluding hydrogens is 300 g/mol. The Morgan fingerprint density at radius 3 is 2.80 bits per heavy atom. The van der Waals surface area contributed by atoms with Gasteiger partial charge < -0.3 is 0 Å². The van der Waals surface area contributed by atoms with E-state index in [1.165, 1.54) is 12.1 Å². The van der Waals surface area contributed by atoms with Crippen molar-refractivity contribution in [1.82, 2.24) is 14.5 Å².